The zero-order chi connectivity index (χ0) is 23.0. The Balaban J connectivity index is 1.42. The molecule has 0 aliphatic heterocycles. The van der Waals surface area contributed by atoms with Crippen LogP contribution in [0.1, 0.15) is 16.8 Å². The molecule has 0 unspecified atom stereocenters. The fourth-order valence-corrected chi connectivity index (χ4v) is 3.59. The predicted octanol–water partition coefficient (Wildman–Crippen LogP) is 5.30. The molecule has 0 saturated carbocycles. The maximum atomic E-state index is 6.20. The molecule has 168 valence electrons. The van der Waals surface area contributed by atoms with Crippen molar-refractivity contribution >= 4 is 23.4 Å². The predicted molar refractivity (Wildman–Crippen MR) is 132 cm³/mol. The summed E-state index contributed by atoms with van der Waals surface area (Å²) in [6, 6.07) is 25.4. The first kappa shape index (κ1) is 22.6. The Hall–Kier alpha value is -3.61. The average Bonchev–Trinajstić information content (AvgIpc) is 2.81. The van der Waals surface area contributed by atoms with Crippen LogP contribution in [0.4, 0.5) is 11.8 Å². The molecule has 0 bridgehead atoms. The average molecular weight is 461 g/mol. The van der Waals surface area contributed by atoms with Crippen molar-refractivity contribution in [2.75, 3.05) is 18.1 Å². The lowest BCUT2D eigenvalue weighted by Gasteiger charge is -2.13. The smallest absolute Gasteiger partial charge is 0.222 e. The molecule has 4 rings (SSSR count). The van der Waals surface area contributed by atoms with Gasteiger partial charge in [0.25, 0.3) is 0 Å². The van der Waals surface area contributed by atoms with E-state index in [2.05, 4.69) is 9.97 Å². The maximum absolute atomic E-state index is 6.20. The summed E-state index contributed by atoms with van der Waals surface area (Å²) in [5.74, 6) is 1.21. The van der Waals surface area contributed by atoms with Gasteiger partial charge < -0.3 is 20.9 Å². The Morgan fingerprint density at radius 2 is 1.48 bits per heavy atom. The van der Waals surface area contributed by atoms with E-state index in [1.54, 1.807) is 0 Å². The fourth-order valence-electron chi connectivity index (χ4n) is 3.46. The summed E-state index contributed by atoms with van der Waals surface area (Å²) < 4.78 is 11.8. The molecule has 0 spiro atoms. The highest BCUT2D eigenvalue weighted by atomic mass is 35.5. The van der Waals surface area contributed by atoms with Crippen molar-refractivity contribution in [3.05, 3.63) is 101 Å². The summed E-state index contributed by atoms with van der Waals surface area (Å²) in [6.07, 6.45) is 0.792. The minimum atomic E-state index is 0.122. The van der Waals surface area contributed by atoms with Crippen LogP contribution in [0, 0.1) is 0 Å². The molecular formula is C26H25ClN4O2. The normalized spacial score (nSPS) is 10.8. The lowest BCUT2D eigenvalue weighted by molar-refractivity contribution is 0.105. The number of benzene rings is 3. The second kappa shape index (κ2) is 10.8. The van der Waals surface area contributed by atoms with Crippen molar-refractivity contribution in [2.24, 2.45) is 0 Å². The van der Waals surface area contributed by atoms with Gasteiger partial charge in [0.15, 0.2) is 0 Å². The van der Waals surface area contributed by atoms with E-state index in [0.29, 0.717) is 30.3 Å². The van der Waals surface area contributed by atoms with E-state index >= 15 is 0 Å². The molecule has 1 heterocycles. The molecule has 33 heavy (non-hydrogen) atoms. The number of nitrogens with two attached hydrogens (primary N) is 2. The van der Waals surface area contributed by atoms with Crippen LogP contribution in [-0.2, 0) is 24.4 Å². The SMILES string of the molecule is Nc1nc(N)c(-c2ccc(OCCc3ccc(Cl)cc3)cc2)c(COCc2ccccc2)n1. The molecule has 4 aromatic rings. The summed E-state index contributed by atoms with van der Waals surface area (Å²) in [5.41, 5.74) is 16.5. The van der Waals surface area contributed by atoms with Crippen LogP contribution in [0.2, 0.25) is 5.02 Å². The molecule has 4 N–H and O–H groups in total. The number of halogens is 1. The first-order valence-corrected chi connectivity index (χ1v) is 11.0. The highest BCUT2D eigenvalue weighted by Gasteiger charge is 2.14. The van der Waals surface area contributed by atoms with Crippen molar-refractivity contribution in [3.63, 3.8) is 0 Å². The van der Waals surface area contributed by atoms with E-state index in [-0.39, 0.29) is 12.6 Å². The van der Waals surface area contributed by atoms with Crippen LogP contribution in [0.25, 0.3) is 11.1 Å². The van der Waals surface area contributed by atoms with Crippen molar-refractivity contribution in [1.29, 1.82) is 0 Å². The van der Waals surface area contributed by atoms with E-state index in [1.807, 2.05) is 78.9 Å². The first-order valence-electron chi connectivity index (χ1n) is 10.6. The lowest BCUT2D eigenvalue weighted by Crippen LogP contribution is -2.08. The standard InChI is InChI=1S/C26H25ClN4O2/c27-21-10-6-18(7-11-21)14-15-33-22-12-8-20(9-13-22)24-23(30-26(29)31-25(24)28)17-32-16-19-4-2-1-3-5-19/h1-13H,14-17H2,(H4,28,29,30,31). The largest absolute Gasteiger partial charge is 0.493 e. The number of anilines is 2. The molecule has 0 aliphatic carbocycles. The summed E-state index contributed by atoms with van der Waals surface area (Å²) in [5, 5.41) is 0.728. The van der Waals surface area contributed by atoms with E-state index in [1.165, 1.54) is 5.56 Å². The number of nitrogen functional groups attached to an aromatic ring is 2. The van der Waals surface area contributed by atoms with Gasteiger partial charge in [0.2, 0.25) is 5.95 Å². The third-order valence-electron chi connectivity index (χ3n) is 5.10. The van der Waals surface area contributed by atoms with Gasteiger partial charge in [0, 0.05) is 17.0 Å². The minimum absolute atomic E-state index is 0.122. The van der Waals surface area contributed by atoms with Crippen LogP contribution >= 0.6 is 11.6 Å². The number of aromatic nitrogens is 2. The van der Waals surface area contributed by atoms with Gasteiger partial charge >= 0.3 is 0 Å². The van der Waals surface area contributed by atoms with Gasteiger partial charge in [-0.15, -0.1) is 0 Å². The third kappa shape index (κ3) is 6.22. The van der Waals surface area contributed by atoms with Gasteiger partial charge in [0.1, 0.15) is 11.6 Å². The molecule has 3 aromatic carbocycles. The number of nitrogens with zero attached hydrogens (tertiary/aromatic N) is 2. The molecule has 7 heteroatoms. The number of rotatable bonds is 9. The molecular weight excluding hydrogens is 436 g/mol. The van der Waals surface area contributed by atoms with Crippen molar-refractivity contribution in [2.45, 2.75) is 19.6 Å². The van der Waals surface area contributed by atoms with Crippen LogP contribution in [0.5, 0.6) is 5.75 Å². The molecule has 0 saturated heterocycles. The maximum Gasteiger partial charge on any atom is 0.222 e. The van der Waals surface area contributed by atoms with Crippen molar-refractivity contribution in [3.8, 4) is 16.9 Å². The van der Waals surface area contributed by atoms with Crippen LogP contribution in [0.15, 0.2) is 78.9 Å². The van der Waals surface area contributed by atoms with Crippen LogP contribution < -0.4 is 16.2 Å². The highest BCUT2D eigenvalue weighted by molar-refractivity contribution is 6.30. The molecule has 0 radical (unpaired) electrons. The van der Waals surface area contributed by atoms with Gasteiger partial charge in [-0.1, -0.05) is 66.2 Å². The molecule has 0 fully saturated rings. The summed E-state index contributed by atoms with van der Waals surface area (Å²) in [6.45, 7) is 1.29. The van der Waals surface area contributed by atoms with Gasteiger partial charge in [-0.05, 0) is 41.0 Å². The zero-order valence-corrected chi connectivity index (χ0v) is 18.8. The summed E-state index contributed by atoms with van der Waals surface area (Å²) in [7, 11) is 0. The topological polar surface area (TPSA) is 96.3 Å². The van der Waals surface area contributed by atoms with Crippen LogP contribution in [-0.4, -0.2) is 16.6 Å². The fraction of sp³-hybridized carbons (Fsp3) is 0.154. The molecule has 0 amide bonds. The van der Waals surface area contributed by atoms with Crippen LogP contribution in [0.3, 0.4) is 0 Å². The second-order valence-electron chi connectivity index (χ2n) is 7.52. The van der Waals surface area contributed by atoms with Gasteiger partial charge in [0.05, 0.1) is 25.5 Å². The van der Waals surface area contributed by atoms with E-state index < -0.39 is 0 Å². The quantitative estimate of drug-likeness (QED) is 0.352. The monoisotopic (exact) mass is 460 g/mol. The number of hydrogen-bond acceptors (Lipinski definition) is 6. The highest BCUT2D eigenvalue weighted by Crippen LogP contribution is 2.30. The van der Waals surface area contributed by atoms with E-state index in [9.17, 15) is 0 Å². The first-order chi connectivity index (χ1) is 16.1. The van der Waals surface area contributed by atoms with E-state index in [0.717, 1.165) is 28.3 Å². The summed E-state index contributed by atoms with van der Waals surface area (Å²) >= 11 is 5.93. The third-order valence-corrected chi connectivity index (χ3v) is 5.35. The van der Waals surface area contributed by atoms with Crippen molar-refractivity contribution in [1.82, 2.24) is 9.97 Å². The van der Waals surface area contributed by atoms with Gasteiger partial charge in [-0.25, -0.2) is 4.98 Å². The van der Waals surface area contributed by atoms with Gasteiger partial charge in [-0.2, -0.15) is 4.98 Å². The Labute approximate surface area is 198 Å². The van der Waals surface area contributed by atoms with Crippen molar-refractivity contribution < 1.29 is 9.47 Å². The Morgan fingerprint density at radius 3 is 2.21 bits per heavy atom. The Kier molecular flexibility index (Phi) is 7.40. The van der Waals surface area contributed by atoms with E-state index in [4.69, 9.17) is 32.5 Å². The zero-order valence-electron chi connectivity index (χ0n) is 18.1. The number of ether oxygens (including phenoxy) is 2. The summed E-state index contributed by atoms with van der Waals surface area (Å²) in [4.78, 5) is 8.51. The minimum Gasteiger partial charge on any atom is -0.493 e. The molecule has 0 aliphatic rings. The molecule has 6 nitrogen and oxygen atoms in total. The molecule has 0 atom stereocenters. The lowest BCUT2D eigenvalue weighted by atomic mass is 10.0. The number of hydrogen-bond donors (Lipinski definition) is 2. The Bertz CT molecular complexity index is 1180. The van der Waals surface area contributed by atoms with Gasteiger partial charge in [-0.3, -0.25) is 0 Å². The Morgan fingerprint density at radius 1 is 0.758 bits per heavy atom. The molecule has 1 aromatic heterocycles. The second-order valence-corrected chi connectivity index (χ2v) is 7.95.